The van der Waals surface area contributed by atoms with Gasteiger partial charge in [-0.3, -0.25) is 9.59 Å². The molecule has 0 saturated carbocycles. The van der Waals surface area contributed by atoms with E-state index in [0.717, 1.165) is 0 Å². The third-order valence-corrected chi connectivity index (χ3v) is 1.84. The van der Waals surface area contributed by atoms with Crippen molar-refractivity contribution in [3.63, 3.8) is 0 Å². The Bertz CT molecular complexity index is 424. The zero-order valence-corrected chi connectivity index (χ0v) is 6.37. The molecule has 1 aliphatic rings. The number of nitrogens with one attached hydrogen (secondary N) is 1. The highest BCUT2D eigenvalue weighted by atomic mass is 16.3. The Labute approximate surface area is 72.6 Å². The van der Waals surface area contributed by atoms with Crippen LogP contribution in [-0.4, -0.2) is 21.9 Å². The van der Waals surface area contributed by atoms with Crippen LogP contribution in [0.25, 0.3) is 0 Å². The molecule has 0 aliphatic carbocycles. The maximum absolute atomic E-state index is 11.1. The molecular weight excluding hydrogens is 174 g/mol. The van der Waals surface area contributed by atoms with E-state index < -0.39 is 23.2 Å². The Morgan fingerprint density at radius 1 is 1.15 bits per heavy atom. The molecule has 66 valence electrons. The lowest BCUT2D eigenvalue weighted by atomic mass is 10.1. The molecule has 13 heavy (non-hydrogen) atoms. The Balaban J connectivity index is 2.73. The van der Waals surface area contributed by atoms with Gasteiger partial charge in [0.1, 0.15) is 0 Å². The third kappa shape index (κ3) is 0.868. The molecule has 1 aliphatic heterocycles. The fourth-order valence-electron chi connectivity index (χ4n) is 1.21. The van der Waals surface area contributed by atoms with Gasteiger partial charge in [0.05, 0.1) is 11.3 Å². The number of phenols is 2. The van der Waals surface area contributed by atoms with Crippen LogP contribution in [0, 0.1) is 0 Å². The number of amides is 1. The smallest absolute Gasteiger partial charge is 0.297 e. The minimum Gasteiger partial charge on any atom is -0.504 e. The first-order chi connectivity index (χ1) is 6.11. The van der Waals surface area contributed by atoms with E-state index >= 15 is 0 Å². The molecule has 5 heteroatoms. The van der Waals surface area contributed by atoms with E-state index in [1.807, 2.05) is 0 Å². The Morgan fingerprint density at radius 2 is 1.85 bits per heavy atom. The van der Waals surface area contributed by atoms with Gasteiger partial charge in [-0.25, -0.2) is 0 Å². The monoisotopic (exact) mass is 179 g/mol. The second kappa shape index (κ2) is 2.22. The van der Waals surface area contributed by atoms with E-state index in [1.165, 1.54) is 12.1 Å². The van der Waals surface area contributed by atoms with Crippen molar-refractivity contribution in [2.24, 2.45) is 0 Å². The fourth-order valence-corrected chi connectivity index (χ4v) is 1.21. The van der Waals surface area contributed by atoms with Gasteiger partial charge < -0.3 is 15.5 Å². The molecule has 1 amide bonds. The highest BCUT2D eigenvalue weighted by molar-refractivity contribution is 6.52. The van der Waals surface area contributed by atoms with Crippen molar-refractivity contribution in [2.45, 2.75) is 0 Å². The van der Waals surface area contributed by atoms with E-state index in [4.69, 9.17) is 5.11 Å². The maximum atomic E-state index is 11.1. The summed E-state index contributed by atoms with van der Waals surface area (Å²) in [7, 11) is 0. The molecule has 0 bridgehead atoms. The zero-order valence-electron chi connectivity index (χ0n) is 6.37. The van der Waals surface area contributed by atoms with Crippen LogP contribution in [-0.2, 0) is 4.79 Å². The number of phenolic OH excluding ortho intramolecular Hbond substituents is 2. The largest absolute Gasteiger partial charge is 0.504 e. The summed E-state index contributed by atoms with van der Waals surface area (Å²) in [6.07, 6.45) is 0. The second-order valence-electron chi connectivity index (χ2n) is 2.64. The summed E-state index contributed by atoms with van der Waals surface area (Å²) in [4.78, 5) is 21.9. The number of aromatic hydroxyl groups is 2. The van der Waals surface area contributed by atoms with Crippen molar-refractivity contribution in [3.8, 4) is 11.5 Å². The molecule has 1 aromatic carbocycles. The highest BCUT2D eigenvalue weighted by Gasteiger charge is 2.32. The minimum atomic E-state index is -0.830. The van der Waals surface area contributed by atoms with Crippen molar-refractivity contribution < 1.29 is 19.8 Å². The van der Waals surface area contributed by atoms with Gasteiger partial charge in [-0.15, -0.1) is 0 Å². The Morgan fingerprint density at radius 3 is 2.54 bits per heavy atom. The van der Waals surface area contributed by atoms with Crippen molar-refractivity contribution >= 4 is 17.4 Å². The van der Waals surface area contributed by atoms with Crippen molar-refractivity contribution in [2.75, 3.05) is 5.32 Å². The molecule has 0 aromatic heterocycles. The predicted octanol–water partition coefficient (Wildman–Crippen LogP) is 0.233. The lowest BCUT2D eigenvalue weighted by molar-refractivity contribution is -0.112. The molecule has 2 rings (SSSR count). The molecule has 0 unspecified atom stereocenters. The van der Waals surface area contributed by atoms with Crippen LogP contribution in [0.5, 0.6) is 11.5 Å². The molecular formula is C8H5NO4. The zero-order chi connectivity index (χ0) is 9.59. The number of benzene rings is 1. The van der Waals surface area contributed by atoms with Gasteiger partial charge in [0.2, 0.25) is 0 Å². The lowest BCUT2D eigenvalue weighted by Gasteiger charge is -2.00. The number of anilines is 1. The normalized spacial score (nSPS) is 14.2. The molecule has 1 aromatic rings. The van der Waals surface area contributed by atoms with Gasteiger partial charge in [0, 0.05) is 0 Å². The quantitative estimate of drug-likeness (QED) is 0.302. The fraction of sp³-hybridized carbons (Fsp3) is 0. The topological polar surface area (TPSA) is 86.6 Å². The van der Waals surface area contributed by atoms with Crippen LogP contribution in [0.1, 0.15) is 10.4 Å². The molecule has 1 heterocycles. The van der Waals surface area contributed by atoms with Gasteiger partial charge in [-0.05, 0) is 12.1 Å². The van der Waals surface area contributed by atoms with E-state index in [2.05, 4.69) is 5.32 Å². The summed E-state index contributed by atoms with van der Waals surface area (Å²) < 4.78 is 0. The Hall–Kier alpha value is -2.04. The average Bonchev–Trinajstić information content (AvgIpc) is 2.37. The van der Waals surface area contributed by atoms with Crippen LogP contribution >= 0.6 is 0 Å². The summed E-state index contributed by atoms with van der Waals surface area (Å²) in [5.41, 5.74) is 0.0651. The summed E-state index contributed by atoms with van der Waals surface area (Å²) in [6, 6.07) is 2.56. The van der Waals surface area contributed by atoms with E-state index in [9.17, 15) is 14.7 Å². The minimum absolute atomic E-state index is 0.162. The first kappa shape index (κ1) is 7.60. The molecule has 0 radical (unpaired) electrons. The first-order valence-electron chi connectivity index (χ1n) is 3.52. The van der Waals surface area contributed by atoms with E-state index in [-0.39, 0.29) is 11.3 Å². The number of carbonyl (C=O) groups is 2. The van der Waals surface area contributed by atoms with Crippen LogP contribution in [0.3, 0.4) is 0 Å². The van der Waals surface area contributed by atoms with E-state index in [1.54, 1.807) is 0 Å². The number of hydrogen-bond donors (Lipinski definition) is 3. The number of hydrogen-bond acceptors (Lipinski definition) is 4. The van der Waals surface area contributed by atoms with Crippen LogP contribution in [0.15, 0.2) is 12.1 Å². The summed E-state index contributed by atoms with van der Waals surface area (Å²) in [6.45, 7) is 0. The lowest BCUT2D eigenvalue weighted by Crippen LogP contribution is -2.12. The maximum Gasteiger partial charge on any atom is 0.297 e. The summed E-state index contributed by atoms with van der Waals surface area (Å²) in [5, 5.41) is 20.5. The van der Waals surface area contributed by atoms with Crippen LogP contribution in [0.2, 0.25) is 0 Å². The molecule has 0 spiro atoms. The number of Topliss-reactive ketones (excluding diaryl/α,β-unsaturated/α-hetero) is 1. The van der Waals surface area contributed by atoms with Gasteiger partial charge in [-0.2, -0.15) is 0 Å². The molecule has 0 saturated heterocycles. The van der Waals surface area contributed by atoms with Crippen LogP contribution in [0.4, 0.5) is 5.69 Å². The van der Waals surface area contributed by atoms with Gasteiger partial charge in [0.15, 0.2) is 11.5 Å². The summed E-state index contributed by atoms with van der Waals surface area (Å²) in [5.74, 6) is -2.59. The summed E-state index contributed by atoms with van der Waals surface area (Å²) >= 11 is 0. The van der Waals surface area contributed by atoms with Crippen molar-refractivity contribution in [1.29, 1.82) is 0 Å². The highest BCUT2D eigenvalue weighted by Crippen LogP contribution is 2.37. The van der Waals surface area contributed by atoms with Gasteiger partial charge in [-0.1, -0.05) is 0 Å². The first-order valence-corrected chi connectivity index (χ1v) is 3.52. The number of carbonyl (C=O) groups excluding carboxylic acids is 2. The SMILES string of the molecule is O=C1Nc2ccc(O)c(O)c2C1=O. The van der Waals surface area contributed by atoms with Gasteiger partial charge in [0.25, 0.3) is 11.7 Å². The van der Waals surface area contributed by atoms with Crippen LogP contribution < -0.4 is 5.32 Å². The van der Waals surface area contributed by atoms with E-state index in [0.29, 0.717) is 0 Å². The number of ketones is 1. The molecule has 5 nitrogen and oxygen atoms in total. The Kier molecular flexibility index (Phi) is 1.30. The molecule has 0 atom stereocenters. The van der Waals surface area contributed by atoms with Gasteiger partial charge >= 0.3 is 0 Å². The molecule has 0 fully saturated rings. The second-order valence-corrected chi connectivity index (χ2v) is 2.64. The molecule has 3 N–H and O–H groups in total. The number of fused-ring (bicyclic) bond motifs is 1. The standard InChI is InChI=1S/C8H5NO4/c10-4-2-1-3-5(6(4)11)7(12)8(13)9-3/h1-2,10-11H,(H,9,12,13). The predicted molar refractivity (Wildman–Crippen MR) is 42.7 cm³/mol. The average molecular weight is 179 g/mol. The third-order valence-electron chi connectivity index (χ3n) is 1.84. The van der Waals surface area contributed by atoms with Crippen molar-refractivity contribution in [3.05, 3.63) is 17.7 Å². The van der Waals surface area contributed by atoms with Crippen molar-refractivity contribution in [1.82, 2.24) is 0 Å². The number of rotatable bonds is 0.